The Morgan fingerprint density at radius 3 is 2.32 bits per heavy atom. The molecule has 160 valence electrons. The molecule has 0 spiro atoms. The summed E-state index contributed by atoms with van der Waals surface area (Å²) in [5.41, 5.74) is 1.74. The van der Waals surface area contributed by atoms with Crippen molar-refractivity contribution in [2.75, 3.05) is 30.4 Å². The van der Waals surface area contributed by atoms with E-state index in [2.05, 4.69) is 20.2 Å². The van der Waals surface area contributed by atoms with Gasteiger partial charge in [0.25, 0.3) is 0 Å². The summed E-state index contributed by atoms with van der Waals surface area (Å²) in [4.78, 5) is 24.8. The number of piperidine rings is 1. The number of hydrogen-bond acceptors (Lipinski definition) is 4. The summed E-state index contributed by atoms with van der Waals surface area (Å²) in [6, 6.07) is 12.1. The third kappa shape index (κ3) is 4.96. The van der Waals surface area contributed by atoms with Gasteiger partial charge in [0.15, 0.2) is 0 Å². The first kappa shape index (κ1) is 20.7. The second-order valence-electron chi connectivity index (χ2n) is 7.56. The van der Waals surface area contributed by atoms with Gasteiger partial charge < -0.3 is 15.1 Å². The molecule has 0 aliphatic carbocycles. The summed E-state index contributed by atoms with van der Waals surface area (Å²) < 4.78 is 26.9. The van der Waals surface area contributed by atoms with Gasteiger partial charge in [-0.3, -0.25) is 0 Å². The Morgan fingerprint density at radius 1 is 1.03 bits per heavy atom. The number of nitrogens with zero attached hydrogens (tertiary/aromatic N) is 4. The van der Waals surface area contributed by atoms with Crippen molar-refractivity contribution in [3.05, 3.63) is 72.7 Å². The third-order valence-electron chi connectivity index (χ3n) is 5.55. The van der Waals surface area contributed by atoms with E-state index in [1.54, 1.807) is 42.4 Å². The zero-order chi connectivity index (χ0) is 21.8. The molecule has 1 saturated heterocycles. The summed E-state index contributed by atoms with van der Waals surface area (Å²) in [5.74, 6) is -0.349. The van der Waals surface area contributed by atoms with Gasteiger partial charge in [0.2, 0.25) is 0 Å². The lowest BCUT2D eigenvalue weighted by Gasteiger charge is -2.37. The van der Waals surface area contributed by atoms with Gasteiger partial charge in [-0.15, -0.1) is 0 Å². The predicted octanol–water partition coefficient (Wildman–Crippen LogP) is 4.55. The van der Waals surface area contributed by atoms with Gasteiger partial charge in [-0.05, 0) is 54.3 Å². The number of anilines is 2. The average molecular weight is 423 g/mol. The molecule has 0 saturated carbocycles. The summed E-state index contributed by atoms with van der Waals surface area (Å²) in [6.45, 7) is 1.64. The van der Waals surface area contributed by atoms with Crippen LogP contribution in [0.1, 0.15) is 12.8 Å². The normalized spacial score (nSPS) is 14.4. The molecule has 1 aromatic heterocycles. The van der Waals surface area contributed by atoms with E-state index in [0.717, 1.165) is 37.8 Å². The number of urea groups is 1. The van der Waals surface area contributed by atoms with Crippen LogP contribution in [-0.4, -0.2) is 47.1 Å². The standard InChI is InChI=1S/C23H23F2N5O/c1-29(21-7-10-30(11-8-21)22-6-9-26-15-27-22)23(31)28-20-4-2-16(3-5-20)17-12-18(24)14-19(25)13-17/h2-6,9,12-15,21H,7-8,10-11H2,1H3,(H,28,31). The van der Waals surface area contributed by atoms with Crippen LogP contribution in [0.25, 0.3) is 11.1 Å². The second-order valence-corrected chi connectivity index (χ2v) is 7.56. The lowest BCUT2D eigenvalue weighted by Crippen LogP contribution is -2.47. The predicted molar refractivity (Wildman–Crippen MR) is 116 cm³/mol. The van der Waals surface area contributed by atoms with Gasteiger partial charge in [0, 0.05) is 44.1 Å². The maximum Gasteiger partial charge on any atom is 0.321 e. The number of amides is 2. The van der Waals surface area contributed by atoms with Gasteiger partial charge in [0.05, 0.1) is 0 Å². The second kappa shape index (κ2) is 9.07. The van der Waals surface area contributed by atoms with Crippen LogP contribution in [0.5, 0.6) is 0 Å². The van der Waals surface area contributed by atoms with E-state index >= 15 is 0 Å². The number of halogens is 2. The lowest BCUT2D eigenvalue weighted by atomic mass is 10.0. The van der Waals surface area contributed by atoms with Gasteiger partial charge in [0.1, 0.15) is 23.8 Å². The van der Waals surface area contributed by atoms with E-state index < -0.39 is 11.6 Å². The lowest BCUT2D eigenvalue weighted by molar-refractivity contribution is 0.193. The Hall–Kier alpha value is -3.55. The minimum atomic E-state index is -0.625. The highest BCUT2D eigenvalue weighted by atomic mass is 19.1. The largest absolute Gasteiger partial charge is 0.356 e. The first-order chi connectivity index (χ1) is 15.0. The quantitative estimate of drug-likeness (QED) is 0.669. The first-order valence-corrected chi connectivity index (χ1v) is 10.1. The van der Waals surface area contributed by atoms with Crippen molar-refractivity contribution >= 4 is 17.5 Å². The number of hydrogen-bond donors (Lipinski definition) is 1. The molecule has 1 fully saturated rings. The van der Waals surface area contributed by atoms with Crippen LogP contribution in [0.2, 0.25) is 0 Å². The van der Waals surface area contributed by atoms with Gasteiger partial charge in [-0.1, -0.05) is 12.1 Å². The highest BCUT2D eigenvalue weighted by Crippen LogP contribution is 2.24. The van der Waals surface area contributed by atoms with E-state index in [9.17, 15) is 13.6 Å². The van der Waals surface area contributed by atoms with Crippen molar-refractivity contribution in [2.45, 2.75) is 18.9 Å². The molecule has 0 atom stereocenters. The molecular weight excluding hydrogens is 400 g/mol. The highest BCUT2D eigenvalue weighted by Gasteiger charge is 2.26. The van der Waals surface area contributed by atoms with Crippen molar-refractivity contribution in [1.82, 2.24) is 14.9 Å². The Bertz CT molecular complexity index is 1020. The van der Waals surface area contributed by atoms with Crippen molar-refractivity contribution < 1.29 is 13.6 Å². The fraction of sp³-hybridized carbons (Fsp3) is 0.261. The molecule has 8 heteroatoms. The molecule has 2 amide bonds. The van der Waals surface area contributed by atoms with Crippen LogP contribution in [0.15, 0.2) is 61.1 Å². The molecule has 1 aliphatic heterocycles. The first-order valence-electron chi connectivity index (χ1n) is 10.1. The molecule has 3 aromatic rings. The molecule has 6 nitrogen and oxygen atoms in total. The van der Waals surface area contributed by atoms with Crippen LogP contribution < -0.4 is 10.2 Å². The number of rotatable bonds is 4. The Labute approximate surface area is 179 Å². The van der Waals surface area contributed by atoms with Crippen LogP contribution >= 0.6 is 0 Å². The summed E-state index contributed by atoms with van der Waals surface area (Å²) in [7, 11) is 1.80. The molecule has 1 aliphatic rings. The van der Waals surface area contributed by atoms with Gasteiger partial charge in [-0.25, -0.2) is 23.5 Å². The molecule has 2 aromatic carbocycles. The molecule has 0 radical (unpaired) electrons. The van der Waals surface area contributed by atoms with E-state index in [-0.39, 0.29) is 12.1 Å². The molecule has 4 rings (SSSR count). The number of nitrogens with one attached hydrogen (secondary N) is 1. The van der Waals surface area contributed by atoms with Gasteiger partial charge in [-0.2, -0.15) is 0 Å². The van der Waals surface area contributed by atoms with Crippen LogP contribution in [0, 0.1) is 11.6 Å². The van der Waals surface area contributed by atoms with E-state index in [1.807, 2.05) is 6.07 Å². The van der Waals surface area contributed by atoms with Crippen molar-refractivity contribution in [2.24, 2.45) is 0 Å². The maximum absolute atomic E-state index is 13.4. The molecular formula is C23H23F2N5O. The molecule has 2 heterocycles. The summed E-state index contributed by atoms with van der Waals surface area (Å²) in [6.07, 6.45) is 4.96. The molecule has 0 bridgehead atoms. The molecule has 1 N–H and O–H groups in total. The van der Waals surface area contributed by atoms with Crippen molar-refractivity contribution in [3.63, 3.8) is 0 Å². The highest BCUT2D eigenvalue weighted by molar-refractivity contribution is 5.89. The zero-order valence-corrected chi connectivity index (χ0v) is 17.1. The average Bonchev–Trinajstić information content (AvgIpc) is 2.79. The fourth-order valence-electron chi connectivity index (χ4n) is 3.80. The monoisotopic (exact) mass is 423 g/mol. The SMILES string of the molecule is CN(C(=O)Nc1ccc(-c2cc(F)cc(F)c2)cc1)C1CCN(c2ccncn2)CC1. The molecule has 0 unspecified atom stereocenters. The zero-order valence-electron chi connectivity index (χ0n) is 17.1. The minimum absolute atomic E-state index is 0.132. The Morgan fingerprint density at radius 2 is 1.71 bits per heavy atom. The Kier molecular flexibility index (Phi) is 6.06. The number of carbonyl (C=O) groups excluding carboxylic acids is 1. The number of aromatic nitrogens is 2. The smallest absolute Gasteiger partial charge is 0.321 e. The van der Waals surface area contributed by atoms with Crippen molar-refractivity contribution in [3.8, 4) is 11.1 Å². The van der Waals surface area contributed by atoms with E-state index in [0.29, 0.717) is 16.8 Å². The minimum Gasteiger partial charge on any atom is -0.356 e. The fourth-order valence-corrected chi connectivity index (χ4v) is 3.80. The van der Waals surface area contributed by atoms with Crippen LogP contribution in [-0.2, 0) is 0 Å². The topological polar surface area (TPSA) is 61.4 Å². The molecule has 31 heavy (non-hydrogen) atoms. The summed E-state index contributed by atoms with van der Waals surface area (Å²) >= 11 is 0. The Balaban J connectivity index is 1.34. The van der Waals surface area contributed by atoms with Gasteiger partial charge >= 0.3 is 6.03 Å². The summed E-state index contributed by atoms with van der Waals surface area (Å²) in [5, 5.41) is 2.89. The van der Waals surface area contributed by atoms with Crippen LogP contribution in [0.3, 0.4) is 0 Å². The van der Waals surface area contributed by atoms with E-state index in [1.165, 1.54) is 18.5 Å². The number of benzene rings is 2. The van der Waals surface area contributed by atoms with Crippen molar-refractivity contribution in [1.29, 1.82) is 0 Å². The third-order valence-corrected chi connectivity index (χ3v) is 5.55. The number of carbonyl (C=O) groups is 1. The van der Waals surface area contributed by atoms with Crippen LogP contribution in [0.4, 0.5) is 25.1 Å². The maximum atomic E-state index is 13.4. The van der Waals surface area contributed by atoms with E-state index in [4.69, 9.17) is 0 Å².